The van der Waals surface area contributed by atoms with E-state index in [0.29, 0.717) is 23.4 Å². The lowest BCUT2D eigenvalue weighted by atomic mass is 10.2. The second-order valence-electron chi connectivity index (χ2n) is 3.43. The van der Waals surface area contributed by atoms with Gasteiger partial charge in [-0.2, -0.15) is 0 Å². The van der Waals surface area contributed by atoms with E-state index >= 15 is 0 Å². The number of hydrogen-bond donors (Lipinski definition) is 1. The Bertz CT molecular complexity index is 520. The van der Waals surface area contributed by atoms with E-state index in [1.54, 1.807) is 24.4 Å². The molecule has 0 aliphatic rings. The van der Waals surface area contributed by atoms with Gasteiger partial charge in [0.15, 0.2) is 0 Å². The average molecular weight is 295 g/mol. The van der Waals surface area contributed by atoms with Crippen molar-refractivity contribution in [2.24, 2.45) is 0 Å². The Morgan fingerprint density at radius 1 is 1.47 bits per heavy atom. The van der Waals surface area contributed by atoms with Gasteiger partial charge in [0.2, 0.25) is 0 Å². The molecule has 88 valence electrons. The molecule has 0 bridgehead atoms. The second-order valence-corrected chi connectivity index (χ2v) is 4.25. The van der Waals surface area contributed by atoms with Crippen molar-refractivity contribution in [3.63, 3.8) is 0 Å². The fraction of sp³-hybridized carbons (Fsp3) is 0.167. The second kappa shape index (κ2) is 5.14. The highest BCUT2D eigenvalue weighted by molar-refractivity contribution is 9.10. The molecule has 2 rings (SSSR count). The summed E-state index contributed by atoms with van der Waals surface area (Å²) < 4.78 is 5.94. The highest BCUT2D eigenvalue weighted by Gasteiger charge is 2.13. The Hall–Kier alpha value is -1.62. The minimum absolute atomic E-state index is 0.181. The van der Waals surface area contributed by atoms with E-state index < -0.39 is 0 Å². The van der Waals surface area contributed by atoms with Crippen LogP contribution in [0.15, 0.2) is 39.7 Å². The van der Waals surface area contributed by atoms with Crippen LogP contribution in [0.25, 0.3) is 0 Å². The first-order valence-electron chi connectivity index (χ1n) is 5.20. The van der Waals surface area contributed by atoms with Gasteiger partial charge < -0.3 is 9.73 Å². The zero-order chi connectivity index (χ0) is 12.3. The molecule has 0 aliphatic carbocycles. The molecule has 0 atom stereocenters. The maximum Gasteiger partial charge on any atom is 0.259 e. The van der Waals surface area contributed by atoms with Crippen LogP contribution in [0.3, 0.4) is 0 Å². The van der Waals surface area contributed by atoms with E-state index in [0.717, 1.165) is 4.60 Å². The largest absolute Gasteiger partial charge is 0.469 e. The van der Waals surface area contributed by atoms with Crippen LogP contribution in [0.5, 0.6) is 0 Å². The van der Waals surface area contributed by atoms with Gasteiger partial charge in [-0.3, -0.25) is 4.79 Å². The molecule has 2 aromatic rings. The number of halogens is 1. The van der Waals surface area contributed by atoms with Crippen LogP contribution in [-0.4, -0.2) is 10.9 Å². The van der Waals surface area contributed by atoms with Gasteiger partial charge >= 0.3 is 0 Å². The molecule has 0 radical (unpaired) electrons. The van der Waals surface area contributed by atoms with Crippen LogP contribution >= 0.6 is 15.9 Å². The van der Waals surface area contributed by atoms with Crippen LogP contribution in [0, 0.1) is 0 Å². The Kier molecular flexibility index (Phi) is 3.58. The fourth-order valence-corrected chi connectivity index (χ4v) is 1.70. The van der Waals surface area contributed by atoms with E-state index in [1.807, 2.05) is 6.92 Å². The maximum atomic E-state index is 11.9. The number of amides is 1. The molecule has 4 nitrogen and oxygen atoms in total. The summed E-state index contributed by atoms with van der Waals surface area (Å²) >= 11 is 3.23. The zero-order valence-electron chi connectivity index (χ0n) is 9.24. The molecule has 0 saturated carbocycles. The number of hydrogen-bond acceptors (Lipinski definition) is 3. The summed E-state index contributed by atoms with van der Waals surface area (Å²) in [6.45, 7) is 1.94. The molecule has 0 saturated heterocycles. The molecule has 0 unspecified atom stereocenters. The number of pyridine rings is 1. The lowest BCUT2D eigenvalue weighted by molar-refractivity contribution is 0.102. The number of aromatic nitrogens is 1. The topological polar surface area (TPSA) is 55.1 Å². The molecule has 0 aromatic carbocycles. The first-order chi connectivity index (χ1) is 8.20. The number of carbonyl (C=O) groups is 1. The van der Waals surface area contributed by atoms with E-state index in [-0.39, 0.29) is 5.91 Å². The van der Waals surface area contributed by atoms with Crippen molar-refractivity contribution in [3.8, 4) is 0 Å². The average Bonchev–Trinajstić information content (AvgIpc) is 2.80. The van der Waals surface area contributed by atoms with Crippen LogP contribution < -0.4 is 5.32 Å². The molecule has 1 N–H and O–H groups in total. The third kappa shape index (κ3) is 2.74. The Morgan fingerprint density at radius 2 is 2.29 bits per heavy atom. The van der Waals surface area contributed by atoms with E-state index in [4.69, 9.17) is 4.42 Å². The number of aryl methyl sites for hydroxylation is 1. The lowest BCUT2D eigenvalue weighted by Gasteiger charge is -2.04. The van der Waals surface area contributed by atoms with Gasteiger partial charge in [0, 0.05) is 6.42 Å². The van der Waals surface area contributed by atoms with E-state index in [2.05, 4.69) is 26.2 Å². The predicted molar refractivity (Wildman–Crippen MR) is 68.0 cm³/mol. The maximum absolute atomic E-state index is 11.9. The number of anilines is 1. The highest BCUT2D eigenvalue weighted by atomic mass is 79.9. The van der Waals surface area contributed by atoms with Crippen molar-refractivity contribution in [2.45, 2.75) is 13.3 Å². The molecule has 0 aliphatic heterocycles. The number of carbonyl (C=O) groups excluding carboxylic acids is 1. The van der Waals surface area contributed by atoms with Gasteiger partial charge in [0.25, 0.3) is 5.91 Å². The van der Waals surface area contributed by atoms with Gasteiger partial charge in [0.05, 0.1) is 23.7 Å². The van der Waals surface area contributed by atoms with Crippen molar-refractivity contribution in [1.29, 1.82) is 0 Å². The number of nitrogens with one attached hydrogen (secondary N) is 1. The molecular weight excluding hydrogens is 284 g/mol. The van der Waals surface area contributed by atoms with Crippen LogP contribution in [0.4, 0.5) is 5.69 Å². The minimum Gasteiger partial charge on any atom is -0.469 e. The first-order valence-corrected chi connectivity index (χ1v) is 5.99. The normalized spacial score (nSPS) is 10.2. The third-order valence-corrected chi connectivity index (χ3v) is 2.77. The van der Waals surface area contributed by atoms with E-state index in [1.165, 1.54) is 6.26 Å². The summed E-state index contributed by atoms with van der Waals surface area (Å²) in [6.07, 6.45) is 3.80. The summed E-state index contributed by atoms with van der Waals surface area (Å²) in [4.78, 5) is 16.0. The highest BCUT2D eigenvalue weighted by Crippen LogP contribution is 2.15. The van der Waals surface area contributed by atoms with E-state index in [9.17, 15) is 4.79 Å². The molecular formula is C12H11BrN2O2. The van der Waals surface area contributed by atoms with Crippen molar-refractivity contribution in [2.75, 3.05) is 5.32 Å². The Labute approximate surface area is 107 Å². The summed E-state index contributed by atoms with van der Waals surface area (Å²) in [5.41, 5.74) is 1.22. The molecule has 17 heavy (non-hydrogen) atoms. The van der Waals surface area contributed by atoms with Gasteiger partial charge in [-0.05, 0) is 34.1 Å². The van der Waals surface area contributed by atoms with Gasteiger partial charge in [-0.15, -0.1) is 0 Å². The van der Waals surface area contributed by atoms with Crippen LogP contribution in [0.2, 0.25) is 0 Å². The Balaban J connectivity index is 2.14. The first kappa shape index (κ1) is 11.9. The summed E-state index contributed by atoms with van der Waals surface area (Å²) in [7, 11) is 0. The van der Waals surface area contributed by atoms with Gasteiger partial charge in [0.1, 0.15) is 10.4 Å². The van der Waals surface area contributed by atoms with Gasteiger partial charge in [-0.1, -0.05) is 6.92 Å². The monoisotopic (exact) mass is 294 g/mol. The standard InChI is InChI=1S/C12H11BrN2O2/c1-2-10-9(5-6-17-10)12(16)15-8-3-4-11(13)14-7-8/h3-7H,2H2,1H3,(H,15,16). The summed E-state index contributed by atoms with van der Waals surface area (Å²) in [5, 5.41) is 2.76. The Morgan fingerprint density at radius 3 is 2.94 bits per heavy atom. The molecule has 5 heteroatoms. The van der Waals surface area contributed by atoms with Crippen molar-refractivity contribution in [1.82, 2.24) is 4.98 Å². The van der Waals surface area contributed by atoms with Crippen molar-refractivity contribution in [3.05, 3.63) is 46.6 Å². The predicted octanol–water partition coefficient (Wildman–Crippen LogP) is 3.25. The zero-order valence-corrected chi connectivity index (χ0v) is 10.8. The lowest BCUT2D eigenvalue weighted by Crippen LogP contribution is -2.12. The van der Waals surface area contributed by atoms with Gasteiger partial charge in [-0.25, -0.2) is 4.98 Å². The summed E-state index contributed by atoms with van der Waals surface area (Å²) in [5.74, 6) is 0.507. The molecule has 0 spiro atoms. The SMILES string of the molecule is CCc1occc1C(=O)Nc1ccc(Br)nc1. The van der Waals surface area contributed by atoms with Crippen molar-refractivity contribution >= 4 is 27.5 Å². The fourth-order valence-electron chi connectivity index (χ4n) is 1.46. The van der Waals surface area contributed by atoms with Crippen molar-refractivity contribution < 1.29 is 9.21 Å². The molecule has 2 aromatic heterocycles. The van der Waals surface area contributed by atoms with Crippen LogP contribution in [0.1, 0.15) is 23.0 Å². The molecule has 0 fully saturated rings. The quantitative estimate of drug-likeness (QED) is 0.884. The van der Waals surface area contributed by atoms with Crippen LogP contribution in [-0.2, 0) is 6.42 Å². The molecule has 2 heterocycles. The molecule has 1 amide bonds. The third-order valence-electron chi connectivity index (χ3n) is 2.30. The minimum atomic E-state index is -0.181. The number of furan rings is 1. The smallest absolute Gasteiger partial charge is 0.259 e. The number of rotatable bonds is 3. The summed E-state index contributed by atoms with van der Waals surface area (Å²) in [6, 6.07) is 5.22. The number of nitrogens with zero attached hydrogens (tertiary/aromatic N) is 1.